The highest BCUT2D eigenvalue weighted by Crippen LogP contribution is 2.48. The lowest BCUT2D eigenvalue weighted by Crippen LogP contribution is -2.25. The molecule has 5 heterocycles. The first-order valence-electron chi connectivity index (χ1n) is 24.6. The van der Waals surface area contributed by atoms with Gasteiger partial charge in [-0.15, -0.1) is 0 Å². The molecule has 1 fully saturated rings. The summed E-state index contributed by atoms with van der Waals surface area (Å²) in [5, 5.41) is 5.10. The first-order valence-corrected chi connectivity index (χ1v) is 24.6. The fourth-order valence-electron chi connectivity index (χ4n) is 10.6. The number of carbonyl (C=O) groups excluding carboxylic acids is 4. The molecule has 0 saturated carbocycles. The van der Waals surface area contributed by atoms with Crippen LogP contribution in [0.25, 0.3) is 29.9 Å². The SMILES string of the molecule is C=Cc1c2[nH]c(c1C)/C=C1\N/C(=C3\c4[nH]c(c(C)c4C(=O)[C@@H]3C(=O)OC)/C=c3\[nH]/c(c(C=O)c3CC)=C\2)[C@@H](CCC(=O)OCCC(C)CCC[C@H](C)CCC[C@H](C)CCCC(C)C)[C@@H]1C. The van der Waals surface area contributed by atoms with Crippen LogP contribution in [-0.4, -0.2) is 52.7 Å². The first-order chi connectivity index (χ1) is 31.1. The Morgan fingerprint density at radius 1 is 0.800 bits per heavy atom. The normalized spacial score (nSPS) is 22.0. The third-order valence-corrected chi connectivity index (χ3v) is 14.8. The van der Waals surface area contributed by atoms with E-state index in [9.17, 15) is 19.2 Å². The van der Waals surface area contributed by atoms with E-state index in [1.165, 1.54) is 58.5 Å². The van der Waals surface area contributed by atoms with E-state index in [-0.39, 0.29) is 30.0 Å². The fraction of sp³-hybridized carbons (Fsp3) is 0.564. The second-order valence-electron chi connectivity index (χ2n) is 20.0. The van der Waals surface area contributed by atoms with Crippen LogP contribution in [0.15, 0.2) is 18.0 Å². The summed E-state index contributed by atoms with van der Waals surface area (Å²) in [6, 6.07) is 0. The smallest absolute Gasteiger partial charge is 0.321 e. The van der Waals surface area contributed by atoms with E-state index < -0.39 is 11.9 Å². The number of rotatable bonds is 22. The number of nitrogens with one attached hydrogen (secondary N) is 4. The van der Waals surface area contributed by atoms with Crippen molar-refractivity contribution in [1.29, 1.82) is 0 Å². The molecular formula is C55H76N4O6. The lowest BCUT2D eigenvalue weighted by Gasteiger charge is -2.20. The highest BCUT2D eigenvalue weighted by atomic mass is 16.5. The molecule has 0 amide bonds. The van der Waals surface area contributed by atoms with Crippen molar-refractivity contribution in [2.75, 3.05) is 13.7 Å². The van der Waals surface area contributed by atoms with Crippen LogP contribution in [0.4, 0.5) is 0 Å². The molecule has 352 valence electrons. The van der Waals surface area contributed by atoms with E-state index in [4.69, 9.17) is 9.47 Å². The molecule has 0 aromatic carbocycles. The number of allylic oxidation sites excluding steroid dienone is 2. The number of hydrogen-bond donors (Lipinski definition) is 4. The second kappa shape index (κ2) is 21.9. The largest absolute Gasteiger partial charge is 0.468 e. The number of carbonyl (C=O) groups is 4. The molecule has 6 atom stereocenters. The molecule has 4 N–H and O–H groups in total. The van der Waals surface area contributed by atoms with Gasteiger partial charge in [-0.25, -0.2) is 0 Å². The number of H-pyrrole nitrogens is 3. The van der Waals surface area contributed by atoms with Crippen LogP contribution in [0.1, 0.15) is 191 Å². The van der Waals surface area contributed by atoms with E-state index in [0.29, 0.717) is 64.4 Å². The van der Waals surface area contributed by atoms with Gasteiger partial charge >= 0.3 is 11.9 Å². The molecule has 10 heteroatoms. The number of aromatic amines is 3. The predicted molar refractivity (Wildman–Crippen MR) is 262 cm³/mol. The summed E-state index contributed by atoms with van der Waals surface area (Å²) in [6.07, 6.45) is 22.3. The number of fused-ring (bicyclic) bond motifs is 7. The minimum absolute atomic E-state index is 0.123. The third-order valence-electron chi connectivity index (χ3n) is 14.8. The summed E-state index contributed by atoms with van der Waals surface area (Å²) in [6.45, 7) is 24.2. The van der Waals surface area contributed by atoms with Crippen molar-refractivity contribution in [3.05, 3.63) is 84.8 Å². The topological polar surface area (TPSA) is 146 Å². The minimum atomic E-state index is -1.18. The standard InChI is InChI=1S/C55H76N4O6/c1-12-38-35(8)42-27-43-36(9)40(23-24-48(61)65-26-25-34(7)22-16-21-33(6)20-15-19-32(5)18-14-17-31(3)4)52(58-43)50-51(55(63)64-11)54(62)49-37(10)44(59-53(49)50)28-46-39(13-2)41(30-60)47(57-46)29-45(38)56-42/h12,27-34,36,40,51,56-59H,1,13-26H2,2-11H3/b43-27-,46-28-,47-29-,52-50-/t32-,33-,34?,36+,40+,51-/m1/s1. The van der Waals surface area contributed by atoms with E-state index in [2.05, 4.69) is 74.5 Å². The molecule has 0 radical (unpaired) electrons. The number of ether oxygens (including phenoxy) is 2. The van der Waals surface area contributed by atoms with Crippen molar-refractivity contribution >= 4 is 53.9 Å². The quantitative estimate of drug-likeness (QED) is 0.0446. The zero-order valence-electron chi connectivity index (χ0n) is 41.0. The maximum Gasteiger partial charge on any atom is 0.321 e. The molecule has 65 heavy (non-hydrogen) atoms. The van der Waals surface area contributed by atoms with E-state index in [0.717, 1.165) is 81.7 Å². The molecule has 3 aliphatic rings. The van der Waals surface area contributed by atoms with Gasteiger partial charge in [-0.3, -0.25) is 19.2 Å². The predicted octanol–water partition coefficient (Wildman–Crippen LogP) is 10.7. The van der Waals surface area contributed by atoms with Crippen LogP contribution in [0.3, 0.4) is 0 Å². The zero-order valence-corrected chi connectivity index (χ0v) is 41.0. The van der Waals surface area contributed by atoms with E-state index in [1.54, 1.807) is 0 Å². The molecule has 1 unspecified atom stereocenters. The number of aldehydes is 1. The molecular weight excluding hydrogens is 813 g/mol. The van der Waals surface area contributed by atoms with Crippen LogP contribution in [0, 0.1) is 55.3 Å². The number of ketones is 1. The van der Waals surface area contributed by atoms with Gasteiger partial charge in [0.25, 0.3) is 0 Å². The van der Waals surface area contributed by atoms with Crippen LogP contribution in [0.5, 0.6) is 0 Å². The number of hydrogen-bond acceptors (Lipinski definition) is 7. The maximum atomic E-state index is 14.4. The van der Waals surface area contributed by atoms with Crippen LogP contribution in [0.2, 0.25) is 0 Å². The molecule has 2 aliphatic heterocycles. The first kappa shape index (κ1) is 49.3. The summed E-state index contributed by atoms with van der Waals surface area (Å²) in [4.78, 5) is 64.7. The van der Waals surface area contributed by atoms with Crippen LogP contribution < -0.4 is 16.0 Å². The summed E-state index contributed by atoms with van der Waals surface area (Å²) >= 11 is 0. The molecule has 1 aliphatic carbocycles. The minimum Gasteiger partial charge on any atom is -0.468 e. The third kappa shape index (κ3) is 11.0. The molecule has 3 aromatic rings. The van der Waals surface area contributed by atoms with Gasteiger partial charge in [-0.05, 0) is 91.7 Å². The van der Waals surface area contributed by atoms with Gasteiger partial charge in [0.1, 0.15) is 5.92 Å². The maximum absolute atomic E-state index is 14.4. The Morgan fingerprint density at radius 2 is 1.42 bits per heavy atom. The van der Waals surface area contributed by atoms with Crippen molar-refractivity contribution in [1.82, 2.24) is 20.3 Å². The Kier molecular flexibility index (Phi) is 16.6. The van der Waals surface area contributed by atoms with Crippen LogP contribution >= 0.6 is 0 Å². The van der Waals surface area contributed by atoms with Crippen molar-refractivity contribution in [2.45, 2.75) is 146 Å². The summed E-state index contributed by atoms with van der Waals surface area (Å²) in [5.41, 5.74) is 9.50. The van der Waals surface area contributed by atoms with E-state index >= 15 is 0 Å². The van der Waals surface area contributed by atoms with Gasteiger partial charge in [-0.2, -0.15) is 0 Å². The molecule has 8 bridgehead atoms. The number of aromatic nitrogens is 3. The van der Waals surface area contributed by atoms with Gasteiger partial charge in [0, 0.05) is 74.3 Å². The Bertz CT molecular complexity index is 2440. The van der Waals surface area contributed by atoms with Gasteiger partial charge in [-0.1, -0.05) is 119 Å². The Labute approximate surface area is 387 Å². The average molecular weight is 889 g/mol. The lowest BCUT2D eigenvalue weighted by atomic mass is 9.85. The summed E-state index contributed by atoms with van der Waals surface area (Å²) < 4.78 is 11.2. The molecule has 1 saturated heterocycles. The van der Waals surface area contributed by atoms with Gasteiger partial charge in [0.2, 0.25) is 0 Å². The van der Waals surface area contributed by atoms with E-state index in [1.807, 2.05) is 39.0 Å². The summed E-state index contributed by atoms with van der Waals surface area (Å²) in [5.74, 6) is 0.0550. The highest BCUT2D eigenvalue weighted by molar-refractivity contribution is 6.24. The Hall–Kier alpha value is -5.12. The van der Waals surface area contributed by atoms with Gasteiger partial charge in [0.15, 0.2) is 12.1 Å². The average Bonchev–Trinajstić information content (AvgIpc) is 4.02. The molecule has 6 rings (SSSR count). The number of Topliss-reactive ketones (excluding diaryl/α,β-unsaturated/α-hetero) is 1. The Morgan fingerprint density at radius 3 is 2.02 bits per heavy atom. The van der Waals surface area contributed by atoms with Crippen molar-refractivity contribution < 1.29 is 28.7 Å². The molecule has 3 aromatic heterocycles. The van der Waals surface area contributed by atoms with Crippen molar-refractivity contribution in [3.8, 4) is 0 Å². The van der Waals surface area contributed by atoms with Crippen molar-refractivity contribution in [2.24, 2.45) is 41.4 Å². The van der Waals surface area contributed by atoms with Crippen molar-refractivity contribution in [3.63, 3.8) is 0 Å². The fourth-order valence-corrected chi connectivity index (χ4v) is 10.6. The number of methoxy groups -OCH3 is 1. The molecule has 0 spiro atoms. The van der Waals surface area contributed by atoms with Crippen LogP contribution in [-0.2, 0) is 25.5 Å². The highest BCUT2D eigenvalue weighted by Gasteiger charge is 2.48. The lowest BCUT2D eigenvalue weighted by molar-refractivity contribution is -0.144. The summed E-state index contributed by atoms with van der Waals surface area (Å²) in [7, 11) is 1.30. The molecule has 10 nitrogen and oxygen atoms in total. The Balaban J connectivity index is 1.21. The monoisotopic (exact) mass is 889 g/mol. The zero-order chi connectivity index (χ0) is 47.1. The van der Waals surface area contributed by atoms with Gasteiger partial charge < -0.3 is 29.7 Å². The second-order valence-corrected chi connectivity index (χ2v) is 20.0. The number of esters is 2. The van der Waals surface area contributed by atoms with Gasteiger partial charge in [0.05, 0.1) is 24.8 Å².